The highest BCUT2D eigenvalue weighted by Gasteiger charge is 2.55. The molecule has 0 saturated carbocycles. The number of rotatable bonds is 2. The summed E-state index contributed by atoms with van der Waals surface area (Å²) < 4.78 is 10.9. The van der Waals surface area contributed by atoms with Crippen LogP contribution >= 0.6 is 0 Å². The van der Waals surface area contributed by atoms with Crippen molar-refractivity contribution in [2.75, 3.05) is 0 Å². The number of fused-ring (bicyclic) bond motifs is 16. The molecule has 0 atom stereocenters. The summed E-state index contributed by atoms with van der Waals surface area (Å²) in [5.74, 6) is 0. The van der Waals surface area contributed by atoms with Crippen LogP contribution in [-0.2, 0) is 0 Å². The summed E-state index contributed by atoms with van der Waals surface area (Å²) in [4.78, 5) is 0. The predicted octanol–water partition coefficient (Wildman–Crippen LogP) is 7.76. The fraction of sp³-hybridized carbons (Fsp3) is 0.111. The molecule has 0 radical (unpaired) electrons. The number of nitrogens with zero attached hydrogens (tertiary/aromatic N) is 4. The van der Waals surface area contributed by atoms with Gasteiger partial charge in [0, 0.05) is 65.8 Å². The molecule has 0 bridgehead atoms. The first kappa shape index (κ1) is 32.3. The maximum Gasteiger partial charge on any atom is 0.251 e. The zero-order valence-corrected chi connectivity index (χ0v) is 37.5. The van der Waals surface area contributed by atoms with E-state index in [1.165, 1.54) is 143 Å². The predicted molar refractivity (Wildman–Crippen MR) is 273 cm³/mol. The van der Waals surface area contributed by atoms with Gasteiger partial charge in [0.1, 0.15) is 0 Å². The van der Waals surface area contributed by atoms with Crippen molar-refractivity contribution in [1.29, 1.82) is 0 Å². The first-order valence-electron chi connectivity index (χ1n) is 22.5. The van der Waals surface area contributed by atoms with Crippen LogP contribution in [0.15, 0.2) is 121 Å². The molecule has 5 aliphatic rings. The molecule has 9 heterocycles. The van der Waals surface area contributed by atoms with Gasteiger partial charge in [-0.25, -0.2) is 0 Å². The molecule has 0 unspecified atom stereocenters. The second-order valence-electron chi connectivity index (χ2n) is 21.1. The Kier molecular flexibility index (Phi) is 5.00. The third kappa shape index (κ3) is 3.06. The molecule has 12 aromatic rings. The number of hydrogen-bond acceptors (Lipinski definition) is 0. The van der Waals surface area contributed by atoms with E-state index in [2.05, 4.69) is 179 Å². The molecular formula is C54H38B2N4Si2. The van der Waals surface area contributed by atoms with E-state index >= 15 is 0 Å². The zero-order valence-electron chi connectivity index (χ0n) is 35.5. The molecular weight excluding hydrogens is 782 g/mol. The van der Waals surface area contributed by atoms with Crippen molar-refractivity contribution in [2.45, 2.75) is 39.3 Å². The Morgan fingerprint density at radius 2 is 0.548 bits per heavy atom. The van der Waals surface area contributed by atoms with E-state index in [-0.39, 0.29) is 13.4 Å². The Morgan fingerprint density at radius 3 is 0.790 bits per heavy atom. The minimum atomic E-state index is -1.96. The van der Waals surface area contributed by atoms with Crippen molar-refractivity contribution in [1.82, 2.24) is 18.3 Å². The molecule has 4 nitrogen and oxygen atoms in total. The summed E-state index contributed by atoms with van der Waals surface area (Å²) in [6, 6.07) is 47.6. The summed E-state index contributed by atoms with van der Waals surface area (Å²) in [6.45, 7) is 15.6. The quantitative estimate of drug-likeness (QED) is 0.159. The molecule has 0 aliphatic carbocycles. The fourth-order valence-corrected chi connectivity index (χ4v) is 18.6. The van der Waals surface area contributed by atoms with Gasteiger partial charge >= 0.3 is 0 Å². The Bertz CT molecular complexity index is 3780. The smallest absolute Gasteiger partial charge is 0.251 e. The lowest BCUT2D eigenvalue weighted by molar-refractivity contribution is 1.13. The van der Waals surface area contributed by atoms with Crippen LogP contribution in [0.25, 0.3) is 110 Å². The van der Waals surface area contributed by atoms with E-state index in [1.54, 1.807) is 10.4 Å². The Labute approximate surface area is 359 Å². The van der Waals surface area contributed by atoms with E-state index < -0.39 is 16.1 Å². The molecule has 62 heavy (non-hydrogen) atoms. The first-order valence-corrected chi connectivity index (χ1v) is 29.5. The Morgan fingerprint density at radius 1 is 0.306 bits per heavy atom. The lowest BCUT2D eigenvalue weighted by atomic mass is 9.18. The molecule has 0 spiro atoms. The molecule has 0 amide bonds. The van der Waals surface area contributed by atoms with Crippen LogP contribution in [0.1, 0.15) is 0 Å². The highest BCUT2D eigenvalue weighted by Crippen LogP contribution is 2.46. The maximum atomic E-state index is 2.74. The van der Waals surface area contributed by atoms with Crippen molar-refractivity contribution in [3.63, 3.8) is 0 Å². The standard InChI is InChI=1S/C54H38B2N4Si2/c1-61(2,3)53-39-27-15-7-11-19-31(27)57-35-23-25-37-45-43(35)55-44-36(58-32-20-12-8-16-28(32)40(53)50(58)47(55)49(39)57)24-26-38-46(44)56(45)48-51-41(29-17-9-13-21-33(29)59(37)51)54(62(4,5)6)42-30-18-10-14-22-34(30)60(38)52(42)48/h7-26H,1-6H3. The van der Waals surface area contributed by atoms with Crippen LogP contribution in [0.2, 0.25) is 39.3 Å². The van der Waals surface area contributed by atoms with Gasteiger partial charge in [0.05, 0.1) is 60.3 Å². The van der Waals surface area contributed by atoms with Crippen LogP contribution in [-0.4, -0.2) is 47.8 Å². The fourth-order valence-electron chi connectivity index (χ4n) is 14.6. The van der Waals surface area contributed by atoms with E-state index in [4.69, 9.17) is 0 Å². The summed E-state index contributed by atoms with van der Waals surface area (Å²) in [6.07, 6.45) is 0. The highest BCUT2D eigenvalue weighted by molar-refractivity contribution is 7.16. The van der Waals surface area contributed by atoms with Gasteiger partial charge in [-0.15, -0.1) is 0 Å². The molecule has 4 aromatic heterocycles. The first-order chi connectivity index (χ1) is 30.1. The van der Waals surface area contributed by atoms with Crippen LogP contribution in [0.4, 0.5) is 0 Å². The average molecular weight is 821 g/mol. The van der Waals surface area contributed by atoms with Gasteiger partial charge in [0.2, 0.25) is 0 Å². The molecule has 5 aliphatic heterocycles. The van der Waals surface area contributed by atoms with E-state index in [9.17, 15) is 0 Å². The van der Waals surface area contributed by atoms with Crippen molar-refractivity contribution >= 4 is 160 Å². The van der Waals surface area contributed by atoms with E-state index in [1.807, 2.05) is 0 Å². The molecule has 17 rings (SSSR count). The van der Waals surface area contributed by atoms with Gasteiger partial charge in [0.15, 0.2) is 0 Å². The number of aromatic nitrogens is 4. The van der Waals surface area contributed by atoms with Crippen LogP contribution < -0.4 is 43.2 Å². The second-order valence-corrected chi connectivity index (χ2v) is 31.1. The van der Waals surface area contributed by atoms with Gasteiger partial charge in [-0.1, -0.05) is 112 Å². The monoisotopic (exact) mass is 820 g/mol. The van der Waals surface area contributed by atoms with Crippen LogP contribution in [0.5, 0.6) is 0 Å². The lowest BCUT2D eigenvalue weighted by Gasteiger charge is -2.45. The van der Waals surface area contributed by atoms with Crippen molar-refractivity contribution < 1.29 is 0 Å². The summed E-state index contributed by atoms with van der Waals surface area (Å²) >= 11 is 0. The van der Waals surface area contributed by atoms with E-state index in [0.29, 0.717) is 0 Å². The third-order valence-electron chi connectivity index (χ3n) is 16.2. The number of benzene rings is 8. The Hall–Kier alpha value is -6.48. The largest absolute Gasteiger partial charge is 0.310 e. The molecule has 0 saturated heterocycles. The minimum Gasteiger partial charge on any atom is -0.310 e. The highest BCUT2D eigenvalue weighted by atomic mass is 28.3. The maximum absolute atomic E-state index is 2.74. The summed E-state index contributed by atoms with van der Waals surface area (Å²) in [7, 11) is -3.92. The van der Waals surface area contributed by atoms with Crippen molar-refractivity contribution in [2.24, 2.45) is 0 Å². The topological polar surface area (TPSA) is 19.7 Å². The summed E-state index contributed by atoms with van der Waals surface area (Å²) in [5.41, 5.74) is 25.7. The molecule has 288 valence electrons. The molecule has 0 fully saturated rings. The lowest BCUT2D eigenvalue weighted by Crippen LogP contribution is -2.80. The van der Waals surface area contributed by atoms with E-state index in [0.717, 1.165) is 0 Å². The molecule has 8 heteroatoms. The van der Waals surface area contributed by atoms with Gasteiger partial charge < -0.3 is 18.3 Å². The number of para-hydroxylation sites is 4. The second kappa shape index (κ2) is 9.60. The van der Waals surface area contributed by atoms with Gasteiger partial charge in [-0.2, -0.15) is 0 Å². The molecule has 8 aromatic carbocycles. The van der Waals surface area contributed by atoms with Crippen molar-refractivity contribution in [3.8, 4) is 22.7 Å². The normalized spacial score (nSPS) is 14.9. The Balaban J connectivity index is 1.22. The van der Waals surface area contributed by atoms with Crippen LogP contribution in [0.3, 0.4) is 0 Å². The van der Waals surface area contributed by atoms with Gasteiger partial charge in [-0.05, 0) is 91.7 Å². The molecule has 0 N–H and O–H groups in total. The number of hydrogen-bond donors (Lipinski definition) is 0. The average Bonchev–Trinajstić information content (AvgIpc) is 4.01. The minimum absolute atomic E-state index is 0.106. The zero-order chi connectivity index (χ0) is 40.8. The van der Waals surface area contributed by atoms with Crippen molar-refractivity contribution in [3.05, 3.63) is 121 Å². The third-order valence-corrected chi connectivity index (χ3v) is 20.2. The SMILES string of the molecule is C[Si](C)(C)c1c2c3ccccc3n3c2c2c4c1c1ccccc1n4-c1ccc4c5c1B2c1c-3ccc2c1B5c1c3c(c([Si](C)(C)C)c5c6ccccc6n-4c15)c1ccccc1n3-2. The van der Waals surface area contributed by atoms with Gasteiger partial charge in [-0.3, -0.25) is 0 Å². The van der Waals surface area contributed by atoms with Crippen LogP contribution in [0, 0.1) is 0 Å². The van der Waals surface area contributed by atoms with Gasteiger partial charge in [0.25, 0.3) is 13.4 Å². The summed E-state index contributed by atoms with van der Waals surface area (Å²) in [5, 5.41) is 14.8.